The number of urea groups is 4. The van der Waals surface area contributed by atoms with Crippen LogP contribution in [-0.2, 0) is 66.7 Å². The van der Waals surface area contributed by atoms with E-state index in [-0.39, 0.29) is 101 Å². The normalized spacial score (nSPS) is 24.9. The van der Waals surface area contributed by atoms with E-state index in [0.717, 1.165) is 0 Å². The summed E-state index contributed by atoms with van der Waals surface area (Å²) in [4.78, 5) is 74.8. The zero-order valence-electron chi connectivity index (χ0n) is 44.9. The number of rotatable bonds is 20. The molecule has 0 spiro atoms. The molecule has 11 rings (SSSR count). The SMILES string of the molecule is CC12N3Cc4c(c(OCCCS(=O)(=O)O)c5ccccc5c4OCCCS(=O)(=O)O)CN1C(=O)N1CN4C(=O)N5Cc6c(c(OCCCS(=O)(=O)O)c7ccccc7c6OCCCS(=O)(=O)O)CN6C(=O)N(CN(C3=O)C12C)C4(C)C65C. The average molecular weight is 1220 g/mol. The van der Waals surface area contributed by atoms with Crippen molar-refractivity contribution in [2.45, 2.75) is 102 Å². The second kappa shape index (κ2) is 19.5. The molecule has 7 aliphatic rings. The zero-order valence-corrected chi connectivity index (χ0v) is 48.1. The first-order chi connectivity index (χ1) is 38.4. The number of hydrogen-bond acceptors (Lipinski definition) is 16. The second-order valence-corrected chi connectivity index (χ2v) is 28.1. The molecule has 4 aromatic rings. The predicted octanol–water partition coefficient (Wildman–Crippen LogP) is 4.09. The van der Waals surface area contributed by atoms with Crippen molar-refractivity contribution in [3.63, 3.8) is 0 Å². The third-order valence-corrected chi connectivity index (χ3v) is 20.7. The molecule has 28 nitrogen and oxygen atoms in total. The minimum atomic E-state index is -4.39. The second-order valence-electron chi connectivity index (χ2n) is 21.8. The molecule has 4 N–H and O–H groups in total. The summed E-state index contributed by atoms with van der Waals surface area (Å²) >= 11 is 0. The summed E-state index contributed by atoms with van der Waals surface area (Å²) in [6.45, 7) is 3.72. The van der Waals surface area contributed by atoms with Gasteiger partial charge in [-0.2, -0.15) is 33.7 Å². The van der Waals surface area contributed by atoms with Gasteiger partial charge in [-0.25, -0.2) is 19.2 Å². The summed E-state index contributed by atoms with van der Waals surface area (Å²) in [6.07, 6.45) is -0.575. The lowest BCUT2D eigenvalue weighted by Gasteiger charge is -2.52. The van der Waals surface area contributed by atoms with Crippen LogP contribution in [0.25, 0.3) is 21.5 Å². The molecule has 32 heteroatoms. The van der Waals surface area contributed by atoms with Crippen molar-refractivity contribution < 1.29 is 90.0 Å². The number of nitrogens with zero attached hydrogens (tertiary/aromatic N) is 8. The molecule has 82 heavy (non-hydrogen) atoms. The van der Waals surface area contributed by atoms with Crippen molar-refractivity contribution in [2.75, 3.05) is 62.8 Å². The molecule has 7 aliphatic heterocycles. The van der Waals surface area contributed by atoms with Gasteiger partial charge in [0.15, 0.2) is 22.7 Å². The summed E-state index contributed by atoms with van der Waals surface area (Å²) in [7, 11) is -17.6. The molecule has 0 radical (unpaired) electrons. The van der Waals surface area contributed by atoms with Crippen LogP contribution in [0.5, 0.6) is 23.0 Å². The third kappa shape index (κ3) is 8.75. The lowest BCUT2D eigenvalue weighted by molar-refractivity contribution is -0.125. The Labute approximate surface area is 471 Å². The van der Waals surface area contributed by atoms with Crippen molar-refractivity contribution in [2.24, 2.45) is 0 Å². The fraction of sp³-hybridized carbons (Fsp3) is 0.520. The van der Waals surface area contributed by atoms with Crippen molar-refractivity contribution in [3.8, 4) is 23.0 Å². The quantitative estimate of drug-likeness (QED) is 0.0715. The molecule has 0 aliphatic carbocycles. The third-order valence-electron chi connectivity index (χ3n) is 17.5. The standard InChI is InChI=1S/C50H60N8O20S4/c1-47-49(3)55-29-57-45(61)53-27-37-38(42(78-20-12-24-82(72,73)74)34-16-8-7-15-33(34)41(37)77-19-11-23-81(69,70)71)28-54-46(62)58(50(57,4)48(53,54)2)30-56(49)44(60)52(47)26-36-35(25-51(47)43(55)59)39(75-17-9-21-79(63,64)65)31-13-5-6-14-32(31)40(36)76-18-10-22-80(66,67)68/h5-8,13-16H,9-12,17-30H2,1-4H3,(H,63,64,65)(H,66,67,68)(H,69,70,71)(H,72,73,74). The van der Waals surface area contributed by atoms with Gasteiger partial charge in [0.05, 0.1) is 75.6 Å². The topological polar surface area (TPSA) is 349 Å². The van der Waals surface area contributed by atoms with Gasteiger partial charge >= 0.3 is 24.1 Å². The molecule has 0 atom stereocenters. The van der Waals surface area contributed by atoms with E-state index in [1.54, 1.807) is 76.2 Å². The highest BCUT2D eigenvalue weighted by Crippen LogP contribution is 2.61. The number of hydrogen-bond donors (Lipinski definition) is 4. The van der Waals surface area contributed by atoms with Crippen molar-refractivity contribution in [1.82, 2.24) is 39.2 Å². The number of carbonyl (C=O) groups excluding carboxylic acids is 4. The van der Waals surface area contributed by atoms with Crippen LogP contribution in [-0.4, -0.2) is 201 Å². The Balaban J connectivity index is 1.03. The number of benzene rings is 4. The van der Waals surface area contributed by atoms with E-state index in [1.807, 2.05) is 0 Å². The van der Waals surface area contributed by atoms with Crippen LogP contribution in [0.4, 0.5) is 19.2 Å². The van der Waals surface area contributed by atoms with Crippen LogP contribution in [0.15, 0.2) is 48.5 Å². The predicted molar refractivity (Wildman–Crippen MR) is 288 cm³/mol. The Morgan fingerprint density at radius 2 is 0.561 bits per heavy atom. The van der Waals surface area contributed by atoms with Gasteiger partial charge in [-0.3, -0.25) is 57.4 Å². The number of ether oxygens (including phenoxy) is 4. The van der Waals surface area contributed by atoms with Crippen LogP contribution < -0.4 is 18.9 Å². The summed E-state index contributed by atoms with van der Waals surface area (Å²) in [6, 6.07) is 11.1. The summed E-state index contributed by atoms with van der Waals surface area (Å²) < 4.78 is 158. The van der Waals surface area contributed by atoms with Crippen molar-refractivity contribution >= 4 is 86.1 Å². The maximum Gasteiger partial charge on any atom is 0.325 e. The van der Waals surface area contributed by atoms with E-state index in [2.05, 4.69) is 0 Å². The largest absolute Gasteiger partial charge is 0.493 e. The fourth-order valence-electron chi connectivity index (χ4n) is 13.2. The van der Waals surface area contributed by atoms with Crippen LogP contribution in [0, 0.1) is 0 Å². The highest BCUT2D eigenvalue weighted by atomic mass is 32.2. The number of amides is 8. The Hall–Kier alpha value is -6.68. The first kappa shape index (κ1) is 57.2. The van der Waals surface area contributed by atoms with E-state index >= 15 is 19.2 Å². The molecule has 4 aromatic carbocycles. The molecule has 8 amide bonds. The molecule has 0 saturated carbocycles. The van der Waals surface area contributed by atoms with Crippen molar-refractivity contribution in [1.29, 1.82) is 0 Å². The van der Waals surface area contributed by atoms with Crippen LogP contribution >= 0.6 is 0 Å². The van der Waals surface area contributed by atoms with Crippen LogP contribution in [0.3, 0.4) is 0 Å². The molecule has 5 saturated heterocycles. The lowest BCUT2D eigenvalue weighted by Crippen LogP contribution is -2.73. The first-order valence-electron chi connectivity index (χ1n) is 26.2. The van der Waals surface area contributed by atoms with Gasteiger partial charge in [0.25, 0.3) is 40.5 Å². The van der Waals surface area contributed by atoms with Gasteiger partial charge in [0, 0.05) is 43.8 Å². The van der Waals surface area contributed by atoms with Gasteiger partial charge in [-0.05, 0) is 53.4 Å². The average Bonchev–Trinajstić information content (AvgIpc) is 1.50. The highest BCUT2D eigenvalue weighted by Gasteiger charge is 2.81. The Morgan fingerprint density at radius 1 is 0.366 bits per heavy atom. The summed E-state index contributed by atoms with van der Waals surface area (Å²) in [5.74, 6) is -1.72. The summed E-state index contributed by atoms with van der Waals surface area (Å²) in [5, 5.41) is 1.78. The monoisotopic (exact) mass is 1220 g/mol. The molecule has 0 aromatic heterocycles. The molecular weight excluding hydrogens is 1160 g/mol. The van der Waals surface area contributed by atoms with Gasteiger partial charge < -0.3 is 18.9 Å². The fourth-order valence-corrected chi connectivity index (χ4v) is 15.2. The van der Waals surface area contributed by atoms with Gasteiger partial charge in [-0.1, -0.05) is 48.5 Å². The van der Waals surface area contributed by atoms with Gasteiger partial charge in [0.1, 0.15) is 36.3 Å². The molecule has 0 bridgehead atoms. The molecule has 0 unspecified atom stereocenters. The number of carbonyl (C=O) groups is 4. The van der Waals surface area contributed by atoms with Crippen LogP contribution in [0.2, 0.25) is 0 Å². The minimum Gasteiger partial charge on any atom is -0.493 e. The van der Waals surface area contributed by atoms with E-state index in [0.29, 0.717) is 43.8 Å². The molecule has 5 fully saturated rings. The maximum absolute atomic E-state index is 15.8. The van der Waals surface area contributed by atoms with E-state index in [1.165, 1.54) is 39.2 Å². The van der Waals surface area contributed by atoms with E-state index in [9.17, 15) is 51.9 Å². The molecular formula is C50H60N8O20S4. The van der Waals surface area contributed by atoms with Gasteiger partial charge in [0.2, 0.25) is 0 Å². The first-order valence-corrected chi connectivity index (χ1v) is 32.6. The Bertz CT molecular complexity index is 3410. The smallest absolute Gasteiger partial charge is 0.325 e. The summed E-state index contributed by atoms with van der Waals surface area (Å²) in [5.41, 5.74) is -5.27. The molecule has 444 valence electrons. The number of fused-ring (bicyclic) bond motifs is 4. The Kier molecular flexibility index (Phi) is 13.6. The Morgan fingerprint density at radius 3 is 0.756 bits per heavy atom. The van der Waals surface area contributed by atoms with Crippen molar-refractivity contribution in [3.05, 3.63) is 70.8 Å². The highest BCUT2D eigenvalue weighted by molar-refractivity contribution is 7.86. The molecule has 7 heterocycles. The zero-order chi connectivity index (χ0) is 59.1. The maximum atomic E-state index is 15.8. The lowest BCUT2D eigenvalue weighted by atomic mass is 9.92. The van der Waals surface area contributed by atoms with E-state index < -0.39 is 124 Å². The minimum absolute atomic E-state index is 0.144. The van der Waals surface area contributed by atoms with Crippen LogP contribution in [0.1, 0.15) is 75.6 Å². The van der Waals surface area contributed by atoms with Gasteiger partial charge in [-0.15, -0.1) is 0 Å². The van der Waals surface area contributed by atoms with E-state index in [4.69, 9.17) is 18.9 Å².